The molecule has 4 aromatic rings. The molecule has 1 aliphatic heterocycles. The van der Waals surface area contributed by atoms with Gasteiger partial charge in [-0.15, -0.1) is 11.3 Å². The van der Waals surface area contributed by atoms with Crippen molar-refractivity contribution < 1.29 is 13.6 Å². The molecule has 2 aromatic heterocycles. The summed E-state index contributed by atoms with van der Waals surface area (Å²) in [6, 6.07) is 10.1. The molecule has 1 unspecified atom stereocenters. The van der Waals surface area contributed by atoms with Crippen molar-refractivity contribution in [2.24, 2.45) is 0 Å². The number of hydrogen-bond acceptors (Lipinski definition) is 5. The van der Waals surface area contributed by atoms with E-state index in [1.54, 1.807) is 30.3 Å². The van der Waals surface area contributed by atoms with Gasteiger partial charge in [0.25, 0.3) is 5.91 Å². The highest BCUT2D eigenvalue weighted by atomic mass is 79.9. The van der Waals surface area contributed by atoms with Crippen LogP contribution in [0.2, 0.25) is 0 Å². The number of hydrogen-bond donors (Lipinski definition) is 0. The highest BCUT2D eigenvalue weighted by Crippen LogP contribution is 2.43. The fourth-order valence-electron chi connectivity index (χ4n) is 3.69. The van der Waals surface area contributed by atoms with Gasteiger partial charge in [-0.2, -0.15) is 0 Å². The van der Waals surface area contributed by atoms with Gasteiger partial charge >= 0.3 is 0 Å². The Labute approximate surface area is 182 Å². The number of rotatable bonds is 2. The van der Waals surface area contributed by atoms with Gasteiger partial charge in [-0.3, -0.25) is 14.5 Å². The zero-order valence-corrected chi connectivity index (χ0v) is 18.3. The van der Waals surface area contributed by atoms with Crippen LogP contribution < -0.4 is 10.3 Å². The first-order chi connectivity index (χ1) is 14.3. The van der Waals surface area contributed by atoms with Crippen LogP contribution in [0.15, 0.2) is 56.1 Å². The van der Waals surface area contributed by atoms with Gasteiger partial charge in [0, 0.05) is 9.35 Å². The predicted octanol–water partition coefficient (Wildman–Crippen LogP) is 5.52. The lowest BCUT2D eigenvalue weighted by Gasteiger charge is -2.22. The number of thiazole rings is 1. The number of nitrogens with zero attached hydrogens (tertiary/aromatic N) is 2. The number of aromatic nitrogens is 1. The minimum Gasteiger partial charge on any atom is -0.450 e. The summed E-state index contributed by atoms with van der Waals surface area (Å²) in [5.41, 5.74) is 1.48. The average molecular weight is 485 g/mol. The molecule has 150 valence electrons. The molecule has 0 spiro atoms. The molecule has 0 saturated heterocycles. The molecule has 1 atom stereocenters. The Bertz CT molecular complexity index is 1390. The fourth-order valence-corrected chi connectivity index (χ4v) is 4.99. The van der Waals surface area contributed by atoms with Gasteiger partial charge in [-0.1, -0.05) is 28.1 Å². The number of anilines is 1. The maximum Gasteiger partial charge on any atom is 0.297 e. The molecule has 3 heterocycles. The highest BCUT2D eigenvalue weighted by Gasteiger charge is 2.45. The third kappa shape index (κ3) is 2.82. The maximum atomic E-state index is 14.1. The van der Waals surface area contributed by atoms with E-state index in [1.165, 1.54) is 28.4 Å². The lowest BCUT2D eigenvalue weighted by Crippen LogP contribution is -2.29. The minimum atomic E-state index is -0.826. The standard InChI is InChI=1S/C22H14BrFN2O3S/c1-10-11(2)30-22(25-10)26-18(12-4-3-5-14(24)8-12)17-19(27)15-9-13(23)6-7-16(15)29-20(17)21(26)28/h3-9,18H,1-2H3. The van der Waals surface area contributed by atoms with Crippen LogP contribution in [0, 0.1) is 19.7 Å². The highest BCUT2D eigenvalue weighted by molar-refractivity contribution is 9.10. The smallest absolute Gasteiger partial charge is 0.297 e. The van der Waals surface area contributed by atoms with E-state index >= 15 is 0 Å². The van der Waals surface area contributed by atoms with E-state index in [0.717, 1.165) is 15.0 Å². The van der Waals surface area contributed by atoms with Crippen molar-refractivity contribution in [2.45, 2.75) is 19.9 Å². The van der Waals surface area contributed by atoms with Crippen LogP contribution in [0.4, 0.5) is 9.52 Å². The molecular weight excluding hydrogens is 471 g/mol. The summed E-state index contributed by atoms with van der Waals surface area (Å²) in [4.78, 5) is 33.8. The summed E-state index contributed by atoms with van der Waals surface area (Å²) in [7, 11) is 0. The van der Waals surface area contributed by atoms with Gasteiger partial charge in [-0.25, -0.2) is 9.37 Å². The average Bonchev–Trinajstić information content (AvgIpc) is 3.19. The Morgan fingerprint density at radius 1 is 1.17 bits per heavy atom. The molecule has 0 radical (unpaired) electrons. The molecule has 5 rings (SSSR count). The third-order valence-corrected chi connectivity index (χ3v) is 6.79. The summed E-state index contributed by atoms with van der Waals surface area (Å²) < 4.78 is 20.7. The molecule has 8 heteroatoms. The first-order valence-corrected chi connectivity index (χ1v) is 10.8. The topological polar surface area (TPSA) is 63.4 Å². The summed E-state index contributed by atoms with van der Waals surface area (Å²) in [5.74, 6) is -0.947. The van der Waals surface area contributed by atoms with Crippen LogP contribution >= 0.6 is 27.3 Å². The molecule has 1 amide bonds. The molecule has 0 N–H and O–H groups in total. The molecule has 0 aliphatic carbocycles. The van der Waals surface area contributed by atoms with Gasteiger partial charge < -0.3 is 4.42 Å². The van der Waals surface area contributed by atoms with Crippen LogP contribution in [0.3, 0.4) is 0 Å². The Hall–Kier alpha value is -2.84. The second-order valence-electron chi connectivity index (χ2n) is 7.09. The maximum absolute atomic E-state index is 14.1. The van der Waals surface area contributed by atoms with E-state index < -0.39 is 17.8 Å². The van der Waals surface area contributed by atoms with E-state index in [1.807, 2.05) is 13.8 Å². The Morgan fingerprint density at radius 3 is 2.67 bits per heavy atom. The van der Waals surface area contributed by atoms with Crippen LogP contribution in [-0.4, -0.2) is 10.9 Å². The van der Waals surface area contributed by atoms with Crippen molar-refractivity contribution in [3.05, 3.63) is 90.4 Å². The van der Waals surface area contributed by atoms with Crippen LogP contribution in [0.1, 0.15) is 38.3 Å². The summed E-state index contributed by atoms with van der Waals surface area (Å²) >= 11 is 4.72. The zero-order valence-electron chi connectivity index (χ0n) is 15.9. The van der Waals surface area contributed by atoms with Crippen LogP contribution in [0.5, 0.6) is 0 Å². The third-order valence-electron chi connectivity index (χ3n) is 5.22. The van der Waals surface area contributed by atoms with E-state index in [2.05, 4.69) is 20.9 Å². The van der Waals surface area contributed by atoms with Gasteiger partial charge in [0.05, 0.1) is 22.7 Å². The van der Waals surface area contributed by atoms with E-state index in [0.29, 0.717) is 21.7 Å². The van der Waals surface area contributed by atoms with Crippen LogP contribution in [-0.2, 0) is 0 Å². The van der Waals surface area contributed by atoms with Crippen molar-refractivity contribution in [1.29, 1.82) is 0 Å². The zero-order chi connectivity index (χ0) is 21.2. The summed E-state index contributed by atoms with van der Waals surface area (Å²) in [6.07, 6.45) is 0. The second kappa shape index (κ2) is 6.85. The first kappa shape index (κ1) is 19.1. The quantitative estimate of drug-likeness (QED) is 0.375. The monoisotopic (exact) mass is 484 g/mol. The number of fused-ring (bicyclic) bond motifs is 2. The Morgan fingerprint density at radius 2 is 1.97 bits per heavy atom. The molecule has 0 bridgehead atoms. The summed E-state index contributed by atoms with van der Waals surface area (Å²) in [6.45, 7) is 3.77. The van der Waals surface area contributed by atoms with Crippen LogP contribution in [0.25, 0.3) is 11.0 Å². The van der Waals surface area contributed by atoms with E-state index in [9.17, 15) is 14.0 Å². The number of benzene rings is 2. The number of carbonyl (C=O) groups excluding carboxylic acids is 1. The predicted molar refractivity (Wildman–Crippen MR) is 117 cm³/mol. The van der Waals surface area contributed by atoms with Gasteiger partial charge in [0.15, 0.2) is 10.6 Å². The van der Waals surface area contributed by atoms with E-state index in [4.69, 9.17) is 4.42 Å². The van der Waals surface area contributed by atoms with Crippen molar-refractivity contribution in [3.63, 3.8) is 0 Å². The Kier molecular flexibility index (Phi) is 4.37. The SMILES string of the molecule is Cc1nc(N2C(=O)c3oc4ccc(Br)cc4c(=O)c3C2c2cccc(F)c2)sc1C. The van der Waals surface area contributed by atoms with Crippen molar-refractivity contribution in [1.82, 2.24) is 4.98 Å². The van der Waals surface area contributed by atoms with E-state index in [-0.39, 0.29) is 16.8 Å². The second-order valence-corrected chi connectivity index (χ2v) is 9.18. The molecule has 30 heavy (non-hydrogen) atoms. The van der Waals surface area contributed by atoms with Crippen molar-refractivity contribution >= 4 is 49.3 Å². The summed E-state index contributed by atoms with van der Waals surface area (Å²) in [5, 5.41) is 0.797. The molecule has 2 aromatic carbocycles. The molecule has 0 saturated carbocycles. The molecule has 1 aliphatic rings. The Balaban J connectivity index is 1.84. The number of aryl methyl sites for hydroxylation is 2. The molecule has 5 nitrogen and oxygen atoms in total. The minimum absolute atomic E-state index is 0.0328. The normalized spacial score (nSPS) is 15.8. The fraction of sp³-hybridized carbons (Fsp3) is 0.136. The van der Waals surface area contributed by atoms with Gasteiger partial charge in [0.2, 0.25) is 5.76 Å². The van der Waals surface area contributed by atoms with Crippen molar-refractivity contribution in [3.8, 4) is 0 Å². The molecule has 0 fully saturated rings. The molecular formula is C22H14BrFN2O3S. The van der Waals surface area contributed by atoms with Crippen molar-refractivity contribution in [2.75, 3.05) is 4.90 Å². The number of halogens is 2. The van der Waals surface area contributed by atoms with Gasteiger partial charge in [-0.05, 0) is 49.7 Å². The number of carbonyl (C=O) groups is 1. The first-order valence-electron chi connectivity index (χ1n) is 9.14. The lowest BCUT2D eigenvalue weighted by atomic mass is 9.98. The lowest BCUT2D eigenvalue weighted by molar-refractivity contribution is 0.0971. The largest absolute Gasteiger partial charge is 0.450 e. The number of amides is 1. The van der Waals surface area contributed by atoms with Gasteiger partial charge in [0.1, 0.15) is 11.4 Å².